The van der Waals surface area contributed by atoms with E-state index < -0.39 is 5.97 Å². The molecule has 1 heterocycles. The molecule has 5 nitrogen and oxygen atoms in total. The topological polar surface area (TPSA) is 57.1 Å². The number of cyclic esters (lactones) is 1. The van der Waals surface area contributed by atoms with Crippen LogP contribution in [0, 0.1) is 6.92 Å². The maximum absolute atomic E-state index is 12.2. The fraction of sp³-hybridized carbons (Fsp3) is 0.200. The van der Waals surface area contributed by atoms with Gasteiger partial charge in [0.1, 0.15) is 0 Å². The third-order valence-corrected chi connectivity index (χ3v) is 4.43. The highest BCUT2D eigenvalue weighted by Gasteiger charge is 2.25. The van der Waals surface area contributed by atoms with Crippen LogP contribution in [0.3, 0.4) is 0 Å². The largest absolute Gasteiger partial charge is 0.493 e. The van der Waals surface area contributed by atoms with Crippen molar-refractivity contribution in [1.82, 2.24) is 0 Å². The van der Waals surface area contributed by atoms with Crippen molar-refractivity contribution in [3.8, 4) is 11.5 Å². The molecule has 0 fully saturated rings. The number of hydrogen-bond acceptors (Lipinski definition) is 5. The van der Waals surface area contributed by atoms with Gasteiger partial charge in [-0.25, -0.2) is 9.79 Å². The molecule has 0 unspecified atom stereocenters. The average molecular weight is 416 g/mol. The van der Waals surface area contributed by atoms with Crippen molar-refractivity contribution < 1.29 is 19.0 Å². The zero-order valence-corrected chi connectivity index (χ0v) is 16.3. The van der Waals surface area contributed by atoms with Gasteiger partial charge in [-0.15, -0.1) is 0 Å². The van der Waals surface area contributed by atoms with Crippen LogP contribution in [0.15, 0.2) is 51.6 Å². The maximum Gasteiger partial charge on any atom is 0.363 e. The van der Waals surface area contributed by atoms with Crippen LogP contribution >= 0.6 is 15.9 Å². The summed E-state index contributed by atoms with van der Waals surface area (Å²) in [5, 5.41) is 0. The molecular formula is C20H18BrNO4. The second-order valence-electron chi connectivity index (χ2n) is 5.62. The number of aliphatic imine (C=N–C) groups is 1. The first-order chi connectivity index (χ1) is 12.5. The molecule has 0 N–H and O–H groups in total. The highest BCUT2D eigenvalue weighted by atomic mass is 79.9. The van der Waals surface area contributed by atoms with Crippen molar-refractivity contribution in [1.29, 1.82) is 0 Å². The molecule has 0 amide bonds. The summed E-state index contributed by atoms with van der Waals surface area (Å²) in [5.74, 6) is 1.03. The average Bonchev–Trinajstić information content (AvgIpc) is 2.98. The summed E-state index contributed by atoms with van der Waals surface area (Å²) < 4.78 is 17.0. The van der Waals surface area contributed by atoms with E-state index in [2.05, 4.69) is 20.9 Å². The van der Waals surface area contributed by atoms with Gasteiger partial charge in [0.2, 0.25) is 5.90 Å². The number of nitrogens with zero attached hydrogens (tertiary/aromatic N) is 1. The van der Waals surface area contributed by atoms with E-state index in [0.717, 1.165) is 21.2 Å². The van der Waals surface area contributed by atoms with Crippen LogP contribution in [0.1, 0.15) is 23.6 Å². The van der Waals surface area contributed by atoms with Crippen LogP contribution in [-0.2, 0) is 9.53 Å². The van der Waals surface area contributed by atoms with Gasteiger partial charge in [0.25, 0.3) is 0 Å². The standard InChI is InChI=1S/C20H18BrNO4/c1-4-25-18-15(21)9-13(11-17(18)24-3)10-16-20(23)26-19(22-16)14-8-6-5-7-12(14)2/h5-11H,4H2,1-3H3/b16-10+. The molecule has 0 radical (unpaired) electrons. The van der Waals surface area contributed by atoms with Crippen LogP contribution in [0.25, 0.3) is 6.08 Å². The van der Waals surface area contributed by atoms with E-state index in [0.29, 0.717) is 24.0 Å². The van der Waals surface area contributed by atoms with E-state index in [1.54, 1.807) is 19.3 Å². The molecule has 2 aromatic rings. The third kappa shape index (κ3) is 3.65. The van der Waals surface area contributed by atoms with Gasteiger partial charge in [0, 0.05) is 5.56 Å². The highest BCUT2D eigenvalue weighted by Crippen LogP contribution is 2.37. The fourth-order valence-corrected chi connectivity index (χ4v) is 3.18. The molecule has 0 saturated carbocycles. The van der Waals surface area contributed by atoms with E-state index in [4.69, 9.17) is 14.2 Å². The molecule has 6 heteroatoms. The number of aryl methyl sites for hydroxylation is 1. The summed E-state index contributed by atoms with van der Waals surface area (Å²) in [4.78, 5) is 16.6. The van der Waals surface area contributed by atoms with Gasteiger partial charge < -0.3 is 14.2 Å². The number of benzene rings is 2. The Labute approximate surface area is 160 Å². The number of methoxy groups -OCH3 is 1. The lowest BCUT2D eigenvalue weighted by molar-refractivity contribution is -0.129. The number of rotatable bonds is 5. The predicted octanol–water partition coefficient (Wildman–Crippen LogP) is 4.51. The molecule has 0 aromatic heterocycles. The summed E-state index contributed by atoms with van der Waals surface area (Å²) in [6, 6.07) is 11.3. The lowest BCUT2D eigenvalue weighted by Crippen LogP contribution is -2.06. The lowest BCUT2D eigenvalue weighted by atomic mass is 10.1. The molecule has 1 aliphatic rings. The molecule has 0 atom stereocenters. The van der Waals surface area contributed by atoms with Crippen LogP contribution in [0.4, 0.5) is 0 Å². The van der Waals surface area contributed by atoms with Gasteiger partial charge in [-0.3, -0.25) is 0 Å². The van der Waals surface area contributed by atoms with Gasteiger partial charge in [-0.2, -0.15) is 0 Å². The van der Waals surface area contributed by atoms with Crippen molar-refractivity contribution in [2.75, 3.05) is 13.7 Å². The van der Waals surface area contributed by atoms with Gasteiger partial charge in [0.05, 0.1) is 18.2 Å². The lowest BCUT2D eigenvalue weighted by Gasteiger charge is -2.12. The fourth-order valence-electron chi connectivity index (χ4n) is 2.60. The molecule has 0 saturated heterocycles. The Kier molecular flexibility index (Phi) is 5.42. The number of halogens is 1. The van der Waals surface area contributed by atoms with Crippen LogP contribution < -0.4 is 9.47 Å². The number of carbonyl (C=O) groups excluding carboxylic acids is 1. The van der Waals surface area contributed by atoms with Crippen molar-refractivity contribution in [2.24, 2.45) is 4.99 Å². The van der Waals surface area contributed by atoms with E-state index in [-0.39, 0.29) is 5.70 Å². The summed E-state index contributed by atoms with van der Waals surface area (Å²) in [6.45, 7) is 4.37. The van der Waals surface area contributed by atoms with Gasteiger partial charge in [-0.05, 0) is 65.2 Å². The Bertz CT molecular complexity index is 918. The first-order valence-corrected chi connectivity index (χ1v) is 8.91. The summed E-state index contributed by atoms with van der Waals surface area (Å²) in [6.07, 6.45) is 1.66. The number of carbonyl (C=O) groups is 1. The van der Waals surface area contributed by atoms with Crippen LogP contribution in [-0.4, -0.2) is 25.6 Å². The summed E-state index contributed by atoms with van der Waals surface area (Å²) in [5.41, 5.74) is 2.78. The first-order valence-electron chi connectivity index (χ1n) is 8.12. The summed E-state index contributed by atoms with van der Waals surface area (Å²) in [7, 11) is 1.57. The molecule has 3 rings (SSSR count). The highest BCUT2D eigenvalue weighted by molar-refractivity contribution is 9.10. The third-order valence-electron chi connectivity index (χ3n) is 3.84. The number of esters is 1. The molecule has 134 valence electrons. The second-order valence-corrected chi connectivity index (χ2v) is 6.47. The zero-order valence-electron chi connectivity index (χ0n) is 14.7. The maximum atomic E-state index is 12.2. The van der Waals surface area contributed by atoms with E-state index in [9.17, 15) is 4.79 Å². The first kappa shape index (κ1) is 18.2. The molecule has 0 spiro atoms. The molecule has 1 aliphatic heterocycles. The quantitative estimate of drug-likeness (QED) is 0.532. The Balaban J connectivity index is 1.98. The Hall–Kier alpha value is -2.60. The minimum atomic E-state index is -0.479. The Morgan fingerprint density at radius 3 is 2.73 bits per heavy atom. The molecule has 2 aromatic carbocycles. The van der Waals surface area contributed by atoms with Gasteiger partial charge in [-0.1, -0.05) is 18.2 Å². The van der Waals surface area contributed by atoms with Gasteiger partial charge in [0.15, 0.2) is 17.2 Å². The number of ether oxygens (including phenoxy) is 3. The van der Waals surface area contributed by atoms with E-state index in [1.165, 1.54) is 0 Å². The minimum Gasteiger partial charge on any atom is -0.493 e. The Morgan fingerprint density at radius 1 is 1.27 bits per heavy atom. The van der Waals surface area contributed by atoms with E-state index in [1.807, 2.05) is 44.2 Å². The Morgan fingerprint density at radius 2 is 2.04 bits per heavy atom. The minimum absolute atomic E-state index is 0.237. The molecule has 0 bridgehead atoms. The predicted molar refractivity (Wildman–Crippen MR) is 104 cm³/mol. The van der Waals surface area contributed by atoms with Crippen molar-refractivity contribution in [3.63, 3.8) is 0 Å². The van der Waals surface area contributed by atoms with Crippen molar-refractivity contribution >= 4 is 33.9 Å². The van der Waals surface area contributed by atoms with Crippen LogP contribution in [0.2, 0.25) is 0 Å². The van der Waals surface area contributed by atoms with Crippen molar-refractivity contribution in [3.05, 3.63) is 63.3 Å². The normalized spacial score (nSPS) is 15.0. The van der Waals surface area contributed by atoms with Crippen LogP contribution in [0.5, 0.6) is 11.5 Å². The SMILES string of the molecule is CCOc1c(Br)cc(/C=C2/N=C(c3ccccc3C)OC2=O)cc1OC. The smallest absolute Gasteiger partial charge is 0.363 e. The second kappa shape index (κ2) is 7.74. The molecule has 26 heavy (non-hydrogen) atoms. The summed E-state index contributed by atoms with van der Waals surface area (Å²) >= 11 is 3.48. The monoisotopic (exact) mass is 415 g/mol. The molecular weight excluding hydrogens is 398 g/mol. The molecule has 0 aliphatic carbocycles. The van der Waals surface area contributed by atoms with Crippen molar-refractivity contribution in [2.45, 2.75) is 13.8 Å². The zero-order chi connectivity index (χ0) is 18.7. The number of hydrogen-bond donors (Lipinski definition) is 0. The van der Waals surface area contributed by atoms with Gasteiger partial charge >= 0.3 is 5.97 Å². The van der Waals surface area contributed by atoms with E-state index >= 15 is 0 Å².